The Morgan fingerprint density at radius 3 is 2.82 bits per heavy atom. The van der Waals surface area contributed by atoms with Gasteiger partial charge in [0.05, 0.1) is 6.54 Å². The van der Waals surface area contributed by atoms with Gasteiger partial charge < -0.3 is 0 Å². The van der Waals surface area contributed by atoms with Gasteiger partial charge in [-0.05, 0) is 47.5 Å². The van der Waals surface area contributed by atoms with Crippen molar-refractivity contribution in [3.63, 3.8) is 0 Å². The molecule has 0 N–H and O–H groups in total. The minimum atomic E-state index is 0.420. The Bertz CT molecular complexity index is 437. The topological polar surface area (TPSA) is 29.4 Å². The first-order valence-electron chi connectivity index (χ1n) is 5.71. The predicted molar refractivity (Wildman–Crippen MR) is 75.3 cm³/mol. The molecule has 0 aromatic heterocycles. The van der Waals surface area contributed by atoms with E-state index in [2.05, 4.69) is 39.1 Å². The van der Waals surface area contributed by atoms with Crippen LogP contribution >= 0.6 is 27.7 Å². The lowest BCUT2D eigenvalue weighted by Crippen LogP contribution is -2.08. The molecule has 1 heterocycles. The Morgan fingerprint density at radius 2 is 2.18 bits per heavy atom. The van der Waals surface area contributed by atoms with Crippen LogP contribution in [-0.4, -0.2) is 17.6 Å². The predicted octanol–water partition coefficient (Wildman–Crippen LogP) is 3.90. The second-order valence-corrected chi connectivity index (χ2v) is 6.23. The normalized spacial score (nSPS) is 16.5. The zero-order valence-electron chi connectivity index (χ0n) is 9.49. The van der Waals surface area contributed by atoms with Gasteiger partial charge in [0.15, 0.2) is 0 Å². The highest BCUT2D eigenvalue weighted by Crippen LogP contribution is 2.35. The molecule has 1 aliphatic heterocycles. The van der Waals surface area contributed by atoms with Gasteiger partial charge in [-0.2, -0.15) is 11.8 Å². The van der Waals surface area contributed by atoms with Crippen molar-refractivity contribution in [3.05, 3.63) is 33.8 Å². The zero-order chi connectivity index (χ0) is 12.1. The van der Waals surface area contributed by atoms with Crippen molar-refractivity contribution in [2.24, 2.45) is 4.99 Å². The van der Waals surface area contributed by atoms with Crippen LogP contribution in [0.15, 0.2) is 27.7 Å². The minimum absolute atomic E-state index is 0.420. The largest absolute Gasteiger partial charge is 0.235 e. The summed E-state index contributed by atoms with van der Waals surface area (Å²) in [6.45, 7) is 0.420. The van der Waals surface area contributed by atoms with Crippen molar-refractivity contribution in [1.82, 2.24) is 0 Å². The number of hydrogen-bond acceptors (Lipinski definition) is 3. The van der Waals surface area contributed by atoms with Crippen LogP contribution in [0.3, 0.4) is 0 Å². The van der Waals surface area contributed by atoms with E-state index in [1.54, 1.807) is 6.08 Å². The highest BCUT2D eigenvalue weighted by molar-refractivity contribution is 9.10. The molecule has 0 unspecified atom stereocenters. The summed E-state index contributed by atoms with van der Waals surface area (Å²) in [5.41, 5.74) is 2.44. The quantitative estimate of drug-likeness (QED) is 0.626. The van der Waals surface area contributed by atoms with Crippen LogP contribution in [0.2, 0.25) is 0 Å². The number of aliphatic imine (C=N–C) groups is 1. The van der Waals surface area contributed by atoms with Crippen molar-refractivity contribution >= 4 is 33.8 Å². The standard InChI is InChI=1S/C13H14BrNOS/c14-13-7-10(8-15-9-16)1-2-12(13)11-3-5-17-6-4-11/h1-2,7,11H,3-6,8H2. The molecule has 90 valence electrons. The van der Waals surface area contributed by atoms with Crippen molar-refractivity contribution < 1.29 is 4.79 Å². The fourth-order valence-electron chi connectivity index (χ4n) is 2.13. The maximum absolute atomic E-state index is 10.1. The van der Waals surface area contributed by atoms with E-state index in [1.807, 2.05) is 11.8 Å². The Kier molecular flexibility index (Phi) is 4.84. The third-order valence-corrected chi connectivity index (χ3v) is 4.79. The monoisotopic (exact) mass is 311 g/mol. The highest BCUT2D eigenvalue weighted by Gasteiger charge is 2.17. The molecule has 0 atom stereocenters. The molecule has 0 spiro atoms. The average molecular weight is 312 g/mol. The molecule has 1 aromatic rings. The summed E-state index contributed by atoms with van der Waals surface area (Å²) >= 11 is 5.67. The van der Waals surface area contributed by atoms with Crippen LogP contribution in [0.5, 0.6) is 0 Å². The zero-order valence-corrected chi connectivity index (χ0v) is 11.9. The van der Waals surface area contributed by atoms with Crippen LogP contribution in [0.25, 0.3) is 0 Å². The Hall–Kier alpha value is -0.570. The van der Waals surface area contributed by atoms with Gasteiger partial charge >= 0.3 is 0 Å². The van der Waals surface area contributed by atoms with Crippen LogP contribution < -0.4 is 0 Å². The number of halogens is 1. The third kappa shape index (κ3) is 3.44. The fourth-order valence-corrected chi connectivity index (χ4v) is 3.99. The molecule has 1 fully saturated rings. The van der Waals surface area contributed by atoms with Gasteiger partial charge in [0.2, 0.25) is 6.08 Å². The fraction of sp³-hybridized carbons (Fsp3) is 0.462. The van der Waals surface area contributed by atoms with Crippen LogP contribution in [0, 0.1) is 0 Å². The first-order valence-corrected chi connectivity index (χ1v) is 7.65. The first kappa shape index (κ1) is 12.9. The molecular formula is C13H14BrNOS. The molecule has 2 nitrogen and oxygen atoms in total. The second-order valence-electron chi connectivity index (χ2n) is 4.15. The van der Waals surface area contributed by atoms with E-state index in [0.717, 1.165) is 10.0 Å². The first-order chi connectivity index (χ1) is 8.31. The number of isocyanates is 1. The van der Waals surface area contributed by atoms with Crippen molar-refractivity contribution in [1.29, 1.82) is 0 Å². The molecule has 1 aromatic carbocycles. The van der Waals surface area contributed by atoms with E-state index in [0.29, 0.717) is 12.5 Å². The van der Waals surface area contributed by atoms with E-state index in [4.69, 9.17) is 0 Å². The van der Waals surface area contributed by atoms with Crippen molar-refractivity contribution in [2.75, 3.05) is 11.5 Å². The lowest BCUT2D eigenvalue weighted by atomic mass is 9.93. The summed E-state index contributed by atoms with van der Waals surface area (Å²) in [6, 6.07) is 6.29. The second kappa shape index (κ2) is 6.39. The molecule has 0 saturated carbocycles. The lowest BCUT2D eigenvalue weighted by molar-refractivity contribution is 0.563. The SMILES string of the molecule is O=C=NCc1ccc(C2CCSCC2)c(Br)c1. The number of benzene rings is 1. The van der Waals surface area contributed by atoms with E-state index >= 15 is 0 Å². The van der Waals surface area contributed by atoms with Gasteiger partial charge in [-0.1, -0.05) is 28.1 Å². The van der Waals surface area contributed by atoms with E-state index in [-0.39, 0.29) is 0 Å². The summed E-state index contributed by atoms with van der Waals surface area (Å²) in [6.07, 6.45) is 4.09. The molecule has 1 saturated heterocycles. The van der Waals surface area contributed by atoms with Gasteiger partial charge in [0.25, 0.3) is 0 Å². The molecule has 17 heavy (non-hydrogen) atoms. The Balaban J connectivity index is 2.15. The summed E-state index contributed by atoms with van der Waals surface area (Å²) in [5, 5.41) is 0. The molecule has 0 bridgehead atoms. The molecular weight excluding hydrogens is 298 g/mol. The molecule has 0 amide bonds. The molecule has 1 aliphatic rings. The van der Waals surface area contributed by atoms with Gasteiger partial charge in [-0.3, -0.25) is 0 Å². The van der Waals surface area contributed by atoms with Gasteiger partial charge in [-0.25, -0.2) is 9.79 Å². The molecule has 0 radical (unpaired) electrons. The molecule has 0 aliphatic carbocycles. The lowest BCUT2D eigenvalue weighted by Gasteiger charge is -2.23. The van der Waals surface area contributed by atoms with Gasteiger partial charge in [0.1, 0.15) is 0 Å². The van der Waals surface area contributed by atoms with Gasteiger partial charge in [0, 0.05) is 4.47 Å². The van der Waals surface area contributed by atoms with Crippen molar-refractivity contribution in [2.45, 2.75) is 25.3 Å². The molecule has 4 heteroatoms. The summed E-state index contributed by atoms with van der Waals surface area (Å²) < 4.78 is 1.15. The highest BCUT2D eigenvalue weighted by atomic mass is 79.9. The smallest absolute Gasteiger partial charge is 0.211 e. The summed E-state index contributed by atoms with van der Waals surface area (Å²) in [4.78, 5) is 13.7. The maximum Gasteiger partial charge on any atom is 0.235 e. The molecule has 2 rings (SSSR count). The maximum atomic E-state index is 10.1. The van der Waals surface area contributed by atoms with Crippen LogP contribution in [0.1, 0.15) is 29.9 Å². The minimum Gasteiger partial charge on any atom is -0.211 e. The number of nitrogens with zero attached hydrogens (tertiary/aromatic N) is 1. The third-order valence-electron chi connectivity index (χ3n) is 3.05. The number of rotatable bonds is 3. The summed E-state index contributed by atoms with van der Waals surface area (Å²) in [5.74, 6) is 3.19. The Labute approximate surface area is 114 Å². The number of hydrogen-bond donors (Lipinski definition) is 0. The Morgan fingerprint density at radius 1 is 1.41 bits per heavy atom. The number of thioether (sulfide) groups is 1. The van der Waals surface area contributed by atoms with E-state index < -0.39 is 0 Å². The van der Waals surface area contributed by atoms with Crippen LogP contribution in [-0.2, 0) is 11.3 Å². The average Bonchev–Trinajstić information content (AvgIpc) is 2.37. The number of carbonyl (C=O) groups excluding carboxylic acids is 1. The van der Waals surface area contributed by atoms with E-state index in [9.17, 15) is 4.79 Å². The van der Waals surface area contributed by atoms with Gasteiger partial charge in [-0.15, -0.1) is 0 Å². The van der Waals surface area contributed by atoms with Crippen molar-refractivity contribution in [3.8, 4) is 0 Å². The van der Waals surface area contributed by atoms with Crippen LogP contribution in [0.4, 0.5) is 0 Å². The van der Waals surface area contributed by atoms with E-state index in [1.165, 1.54) is 29.9 Å². The summed E-state index contributed by atoms with van der Waals surface area (Å²) in [7, 11) is 0.